The van der Waals surface area contributed by atoms with Crippen molar-refractivity contribution in [1.82, 2.24) is 0 Å². The molecule has 0 aromatic heterocycles. The number of hydrogen-bond donors (Lipinski definition) is 0. The Morgan fingerprint density at radius 2 is 2.26 bits per heavy atom. The molecule has 0 N–H and O–H groups in total. The minimum atomic E-state index is -0.410. The highest BCUT2D eigenvalue weighted by Crippen LogP contribution is 2.29. The lowest BCUT2D eigenvalue weighted by atomic mass is 10.1. The van der Waals surface area contributed by atoms with Crippen molar-refractivity contribution in [3.8, 4) is 17.6 Å². The second-order valence-electron chi connectivity index (χ2n) is 3.60. The first-order chi connectivity index (χ1) is 9.12. The molecular formula is C13H14N2O4. The fourth-order valence-electron chi connectivity index (χ4n) is 1.48. The van der Waals surface area contributed by atoms with Crippen LogP contribution < -0.4 is 9.47 Å². The Bertz CT molecular complexity index is 532. The maximum absolute atomic E-state index is 10.7. The van der Waals surface area contributed by atoms with Crippen molar-refractivity contribution in [2.24, 2.45) is 0 Å². The highest BCUT2D eigenvalue weighted by atomic mass is 16.6. The predicted molar refractivity (Wildman–Crippen MR) is 69.4 cm³/mol. The van der Waals surface area contributed by atoms with E-state index in [2.05, 4.69) is 0 Å². The third-order valence-electron chi connectivity index (χ3n) is 2.41. The summed E-state index contributed by atoms with van der Waals surface area (Å²) < 4.78 is 10.3. The molecule has 19 heavy (non-hydrogen) atoms. The van der Waals surface area contributed by atoms with Crippen LogP contribution in [0, 0.1) is 21.4 Å². The van der Waals surface area contributed by atoms with E-state index in [1.807, 2.05) is 6.07 Å². The summed E-state index contributed by atoms with van der Waals surface area (Å²) >= 11 is 0. The molecule has 0 heterocycles. The van der Waals surface area contributed by atoms with E-state index in [0.717, 1.165) is 0 Å². The van der Waals surface area contributed by atoms with Gasteiger partial charge in [-0.2, -0.15) is 5.26 Å². The molecule has 0 spiro atoms. The van der Waals surface area contributed by atoms with E-state index in [1.165, 1.54) is 13.2 Å². The standard InChI is InChI=1S/C13H14N2O4/c1-3-11(15(16)17)8-10-4-5-12(19-7-6-14)13(9-10)18-2/h4-5,8-9H,3,7H2,1-2H3/b11-8+. The monoisotopic (exact) mass is 262 g/mol. The van der Waals surface area contributed by atoms with Crippen molar-refractivity contribution >= 4 is 6.08 Å². The summed E-state index contributed by atoms with van der Waals surface area (Å²) in [5.41, 5.74) is 0.766. The number of nitriles is 1. The van der Waals surface area contributed by atoms with Crippen molar-refractivity contribution in [3.05, 3.63) is 39.6 Å². The van der Waals surface area contributed by atoms with Crippen LogP contribution in [-0.4, -0.2) is 18.6 Å². The minimum absolute atomic E-state index is 0.0827. The quantitative estimate of drug-likeness (QED) is 0.581. The molecule has 0 atom stereocenters. The number of nitro groups is 1. The Balaban J connectivity index is 3.06. The second kappa shape index (κ2) is 7.01. The second-order valence-corrected chi connectivity index (χ2v) is 3.60. The van der Waals surface area contributed by atoms with Crippen LogP contribution >= 0.6 is 0 Å². The third kappa shape index (κ3) is 4.00. The average molecular weight is 262 g/mol. The normalized spacial score (nSPS) is 10.7. The van der Waals surface area contributed by atoms with Gasteiger partial charge in [0.05, 0.1) is 12.0 Å². The Labute approximate surface area is 111 Å². The van der Waals surface area contributed by atoms with Gasteiger partial charge in [-0.05, 0) is 17.7 Å². The number of benzene rings is 1. The molecule has 0 radical (unpaired) electrons. The number of nitrogens with zero attached hydrogens (tertiary/aromatic N) is 2. The van der Waals surface area contributed by atoms with Gasteiger partial charge in [0.1, 0.15) is 6.07 Å². The van der Waals surface area contributed by atoms with Crippen LogP contribution in [0.5, 0.6) is 11.5 Å². The van der Waals surface area contributed by atoms with Crippen LogP contribution in [0.1, 0.15) is 18.9 Å². The molecule has 1 rings (SSSR count). The van der Waals surface area contributed by atoms with Gasteiger partial charge in [-0.3, -0.25) is 10.1 Å². The van der Waals surface area contributed by atoms with Crippen LogP contribution in [0.4, 0.5) is 0 Å². The number of allylic oxidation sites excluding steroid dienone is 1. The summed E-state index contributed by atoms with van der Waals surface area (Å²) in [6.45, 7) is 1.64. The molecule has 0 bridgehead atoms. The largest absolute Gasteiger partial charge is 0.493 e. The summed E-state index contributed by atoms with van der Waals surface area (Å²) in [4.78, 5) is 10.3. The molecular weight excluding hydrogens is 248 g/mol. The first-order valence-electron chi connectivity index (χ1n) is 5.65. The van der Waals surface area contributed by atoms with Crippen LogP contribution in [0.15, 0.2) is 23.9 Å². The van der Waals surface area contributed by atoms with Crippen LogP contribution in [0.3, 0.4) is 0 Å². The molecule has 0 aliphatic carbocycles. The van der Waals surface area contributed by atoms with E-state index in [-0.39, 0.29) is 12.3 Å². The Morgan fingerprint density at radius 1 is 1.53 bits per heavy atom. The van der Waals surface area contributed by atoms with Gasteiger partial charge >= 0.3 is 0 Å². The molecule has 0 aliphatic heterocycles. The fourth-order valence-corrected chi connectivity index (χ4v) is 1.48. The highest BCUT2D eigenvalue weighted by Gasteiger charge is 2.09. The van der Waals surface area contributed by atoms with Crippen molar-refractivity contribution in [2.75, 3.05) is 13.7 Å². The van der Waals surface area contributed by atoms with Crippen molar-refractivity contribution in [2.45, 2.75) is 13.3 Å². The maximum Gasteiger partial charge on any atom is 0.246 e. The lowest BCUT2D eigenvalue weighted by Crippen LogP contribution is -1.98. The maximum atomic E-state index is 10.7. The van der Waals surface area contributed by atoms with E-state index in [9.17, 15) is 10.1 Å². The van der Waals surface area contributed by atoms with E-state index in [0.29, 0.717) is 23.5 Å². The number of rotatable bonds is 6. The predicted octanol–water partition coefficient (Wildman–Crippen LogP) is 2.63. The number of hydrogen-bond acceptors (Lipinski definition) is 5. The van der Waals surface area contributed by atoms with Gasteiger partial charge in [0, 0.05) is 12.5 Å². The SMILES string of the molecule is CC/C(=C\c1ccc(OCC#N)c(OC)c1)[N+](=O)[O-]. The fraction of sp³-hybridized carbons (Fsp3) is 0.308. The summed E-state index contributed by atoms with van der Waals surface area (Å²) in [6, 6.07) is 6.79. The van der Waals surface area contributed by atoms with Crippen molar-refractivity contribution in [3.63, 3.8) is 0 Å². The minimum Gasteiger partial charge on any atom is -0.493 e. The third-order valence-corrected chi connectivity index (χ3v) is 2.41. The zero-order chi connectivity index (χ0) is 14.3. The Hall–Kier alpha value is -2.55. The molecule has 1 aromatic carbocycles. The van der Waals surface area contributed by atoms with Crippen molar-refractivity contribution < 1.29 is 14.4 Å². The van der Waals surface area contributed by atoms with Gasteiger partial charge in [-0.15, -0.1) is 0 Å². The van der Waals surface area contributed by atoms with Gasteiger partial charge in [0.15, 0.2) is 18.1 Å². The summed E-state index contributed by atoms with van der Waals surface area (Å²) in [6.07, 6.45) is 1.82. The topological polar surface area (TPSA) is 85.4 Å². The van der Waals surface area contributed by atoms with Crippen LogP contribution in [0.25, 0.3) is 6.08 Å². The van der Waals surface area contributed by atoms with Crippen LogP contribution in [-0.2, 0) is 0 Å². The Kier molecular flexibility index (Phi) is 5.35. The lowest BCUT2D eigenvalue weighted by Gasteiger charge is -2.08. The lowest BCUT2D eigenvalue weighted by molar-refractivity contribution is -0.425. The molecule has 0 aliphatic rings. The van der Waals surface area contributed by atoms with Gasteiger partial charge < -0.3 is 9.47 Å². The average Bonchev–Trinajstić information content (AvgIpc) is 2.42. The van der Waals surface area contributed by atoms with E-state index in [4.69, 9.17) is 14.7 Å². The molecule has 0 saturated heterocycles. The summed E-state index contributed by atoms with van der Waals surface area (Å²) in [5, 5.41) is 19.2. The van der Waals surface area contributed by atoms with Gasteiger partial charge in [-0.25, -0.2) is 0 Å². The first-order valence-corrected chi connectivity index (χ1v) is 5.65. The van der Waals surface area contributed by atoms with Crippen LogP contribution in [0.2, 0.25) is 0 Å². The zero-order valence-corrected chi connectivity index (χ0v) is 10.8. The van der Waals surface area contributed by atoms with Gasteiger partial charge in [0.25, 0.3) is 0 Å². The van der Waals surface area contributed by atoms with Crippen molar-refractivity contribution in [1.29, 1.82) is 5.26 Å². The van der Waals surface area contributed by atoms with E-state index < -0.39 is 4.92 Å². The zero-order valence-electron chi connectivity index (χ0n) is 10.8. The summed E-state index contributed by atoms with van der Waals surface area (Å²) in [7, 11) is 1.47. The first kappa shape index (κ1) is 14.5. The molecule has 0 fully saturated rings. The molecule has 0 saturated carbocycles. The molecule has 6 nitrogen and oxygen atoms in total. The molecule has 6 heteroatoms. The molecule has 0 amide bonds. The highest BCUT2D eigenvalue weighted by molar-refractivity contribution is 5.57. The van der Waals surface area contributed by atoms with Gasteiger partial charge in [-0.1, -0.05) is 13.0 Å². The molecule has 0 unspecified atom stereocenters. The molecule has 100 valence electrons. The van der Waals surface area contributed by atoms with Gasteiger partial charge in [0.2, 0.25) is 5.70 Å². The van der Waals surface area contributed by atoms with E-state index >= 15 is 0 Å². The molecule has 1 aromatic rings. The summed E-state index contributed by atoms with van der Waals surface area (Å²) in [5.74, 6) is 0.864. The Morgan fingerprint density at radius 3 is 2.79 bits per heavy atom. The number of methoxy groups -OCH3 is 1. The number of ether oxygens (including phenoxy) is 2. The smallest absolute Gasteiger partial charge is 0.246 e. The van der Waals surface area contributed by atoms with E-state index in [1.54, 1.807) is 25.1 Å².